The molecular formula is C15H21NOS. The second-order valence-corrected chi connectivity index (χ2v) is 6.90. The van der Waals surface area contributed by atoms with Crippen LogP contribution in [0.3, 0.4) is 0 Å². The number of amides is 1. The average molecular weight is 263 g/mol. The van der Waals surface area contributed by atoms with E-state index in [1.165, 1.54) is 49.0 Å². The predicted molar refractivity (Wildman–Crippen MR) is 75.3 cm³/mol. The Balaban J connectivity index is 1.78. The van der Waals surface area contributed by atoms with E-state index >= 15 is 0 Å². The number of aryl methyl sites for hydroxylation is 1. The highest BCUT2D eigenvalue weighted by Gasteiger charge is 2.24. The quantitative estimate of drug-likeness (QED) is 0.759. The molecule has 1 fully saturated rings. The first-order valence-corrected chi connectivity index (χ1v) is 7.96. The Labute approximate surface area is 113 Å². The number of likely N-dealkylation sites (tertiary alicyclic amines) is 1. The zero-order valence-corrected chi connectivity index (χ0v) is 11.9. The summed E-state index contributed by atoms with van der Waals surface area (Å²) in [6.07, 6.45) is 7.25. The van der Waals surface area contributed by atoms with Crippen LogP contribution in [0.1, 0.15) is 52.7 Å². The zero-order valence-electron chi connectivity index (χ0n) is 11.1. The maximum atomic E-state index is 12.4. The topological polar surface area (TPSA) is 20.3 Å². The Kier molecular flexibility index (Phi) is 3.42. The fraction of sp³-hybridized carbons (Fsp3) is 0.667. The molecule has 1 saturated heterocycles. The van der Waals surface area contributed by atoms with E-state index < -0.39 is 0 Å². The highest BCUT2D eigenvalue weighted by atomic mass is 32.1. The number of nitrogens with zero attached hydrogens (tertiary/aromatic N) is 1. The van der Waals surface area contributed by atoms with Crippen LogP contribution in [0, 0.1) is 5.92 Å². The summed E-state index contributed by atoms with van der Waals surface area (Å²) in [5.74, 6) is 1.06. The molecule has 1 atom stereocenters. The molecule has 2 nitrogen and oxygen atoms in total. The SMILES string of the molecule is C[C@@H]1CCc2sc(C(=O)N3CCCCC3)cc2C1. The Morgan fingerprint density at radius 3 is 2.89 bits per heavy atom. The van der Waals surface area contributed by atoms with Crippen LogP contribution in [0.15, 0.2) is 6.07 Å². The van der Waals surface area contributed by atoms with Gasteiger partial charge in [-0.05, 0) is 56.1 Å². The lowest BCUT2D eigenvalue weighted by atomic mass is 9.90. The van der Waals surface area contributed by atoms with E-state index in [2.05, 4.69) is 13.0 Å². The molecule has 98 valence electrons. The van der Waals surface area contributed by atoms with Gasteiger partial charge in [-0.15, -0.1) is 11.3 Å². The number of thiophene rings is 1. The molecule has 0 spiro atoms. The molecule has 1 aliphatic heterocycles. The minimum Gasteiger partial charge on any atom is -0.338 e. The number of carbonyl (C=O) groups excluding carboxylic acids is 1. The van der Waals surface area contributed by atoms with Crippen LogP contribution in [0.5, 0.6) is 0 Å². The molecule has 3 heteroatoms. The van der Waals surface area contributed by atoms with Crippen molar-refractivity contribution >= 4 is 17.2 Å². The number of fused-ring (bicyclic) bond motifs is 1. The molecule has 18 heavy (non-hydrogen) atoms. The molecule has 0 N–H and O–H groups in total. The lowest BCUT2D eigenvalue weighted by Crippen LogP contribution is -2.35. The Morgan fingerprint density at radius 2 is 2.11 bits per heavy atom. The number of piperidine rings is 1. The first kappa shape index (κ1) is 12.2. The fourth-order valence-corrected chi connectivity index (χ4v) is 4.24. The van der Waals surface area contributed by atoms with Gasteiger partial charge in [0.05, 0.1) is 4.88 Å². The zero-order chi connectivity index (χ0) is 12.5. The molecule has 0 saturated carbocycles. The fourth-order valence-electron chi connectivity index (χ4n) is 3.06. The summed E-state index contributed by atoms with van der Waals surface area (Å²) in [5.41, 5.74) is 1.44. The number of rotatable bonds is 1. The Bertz CT molecular complexity index is 445. The van der Waals surface area contributed by atoms with Gasteiger partial charge in [0, 0.05) is 18.0 Å². The summed E-state index contributed by atoms with van der Waals surface area (Å²) in [4.78, 5) is 16.9. The van der Waals surface area contributed by atoms with E-state index in [-0.39, 0.29) is 5.91 Å². The molecule has 0 bridgehead atoms. The minimum absolute atomic E-state index is 0.279. The summed E-state index contributed by atoms with van der Waals surface area (Å²) in [5, 5.41) is 0. The van der Waals surface area contributed by atoms with Gasteiger partial charge in [0.25, 0.3) is 5.91 Å². The van der Waals surface area contributed by atoms with E-state index in [1.54, 1.807) is 11.3 Å². The Hall–Kier alpha value is -0.830. The van der Waals surface area contributed by atoms with Gasteiger partial charge < -0.3 is 4.90 Å². The molecule has 1 aromatic heterocycles. The normalized spacial score (nSPS) is 23.8. The van der Waals surface area contributed by atoms with Gasteiger partial charge in [0.15, 0.2) is 0 Å². The maximum Gasteiger partial charge on any atom is 0.263 e. The van der Waals surface area contributed by atoms with Crippen molar-refractivity contribution in [3.63, 3.8) is 0 Å². The maximum absolute atomic E-state index is 12.4. The standard InChI is InChI=1S/C15H21NOS/c1-11-5-6-13-12(9-11)10-14(18-13)15(17)16-7-3-2-4-8-16/h10-11H,2-9H2,1H3/t11-/m1/s1. The highest BCUT2D eigenvalue weighted by Crippen LogP contribution is 2.33. The molecule has 1 amide bonds. The van der Waals surface area contributed by atoms with E-state index in [1.807, 2.05) is 4.90 Å². The van der Waals surface area contributed by atoms with Gasteiger partial charge in [0.2, 0.25) is 0 Å². The Morgan fingerprint density at radius 1 is 1.33 bits per heavy atom. The van der Waals surface area contributed by atoms with Crippen molar-refractivity contribution in [3.05, 3.63) is 21.4 Å². The lowest BCUT2D eigenvalue weighted by molar-refractivity contribution is 0.0729. The largest absolute Gasteiger partial charge is 0.338 e. The molecule has 2 aliphatic rings. The van der Waals surface area contributed by atoms with E-state index in [0.29, 0.717) is 0 Å². The van der Waals surface area contributed by atoms with E-state index in [4.69, 9.17) is 0 Å². The first-order valence-electron chi connectivity index (χ1n) is 7.15. The van der Waals surface area contributed by atoms with Gasteiger partial charge in [-0.1, -0.05) is 6.92 Å². The number of hydrogen-bond donors (Lipinski definition) is 0. The van der Waals surface area contributed by atoms with Gasteiger partial charge in [-0.2, -0.15) is 0 Å². The van der Waals surface area contributed by atoms with Crippen molar-refractivity contribution < 1.29 is 4.79 Å². The average Bonchev–Trinajstić information content (AvgIpc) is 2.81. The van der Waals surface area contributed by atoms with Crippen LogP contribution >= 0.6 is 11.3 Å². The first-order chi connectivity index (χ1) is 8.74. The van der Waals surface area contributed by atoms with Crippen molar-refractivity contribution in [1.82, 2.24) is 4.90 Å². The second kappa shape index (κ2) is 5.04. The third-order valence-electron chi connectivity index (χ3n) is 4.18. The summed E-state index contributed by atoms with van der Waals surface area (Å²) in [7, 11) is 0. The van der Waals surface area contributed by atoms with Crippen molar-refractivity contribution in [2.45, 2.75) is 45.4 Å². The smallest absolute Gasteiger partial charge is 0.263 e. The van der Waals surface area contributed by atoms with Crippen LogP contribution in [-0.2, 0) is 12.8 Å². The van der Waals surface area contributed by atoms with Crippen LogP contribution in [0.2, 0.25) is 0 Å². The van der Waals surface area contributed by atoms with Gasteiger partial charge >= 0.3 is 0 Å². The van der Waals surface area contributed by atoms with Gasteiger partial charge in [0.1, 0.15) is 0 Å². The summed E-state index contributed by atoms with van der Waals surface area (Å²) >= 11 is 1.75. The highest BCUT2D eigenvalue weighted by molar-refractivity contribution is 7.14. The summed E-state index contributed by atoms with van der Waals surface area (Å²) in [6.45, 7) is 4.22. The second-order valence-electron chi connectivity index (χ2n) is 5.76. The lowest BCUT2D eigenvalue weighted by Gasteiger charge is -2.26. The third kappa shape index (κ3) is 2.33. The van der Waals surface area contributed by atoms with Crippen LogP contribution in [0.25, 0.3) is 0 Å². The molecule has 0 radical (unpaired) electrons. The molecule has 0 aromatic carbocycles. The third-order valence-corrected chi connectivity index (χ3v) is 5.41. The number of carbonyl (C=O) groups is 1. The van der Waals surface area contributed by atoms with Crippen LogP contribution in [-0.4, -0.2) is 23.9 Å². The van der Waals surface area contributed by atoms with Crippen molar-refractivity contribution in [3.8, 4) is 0 Å². The predicted octanol–water partition coefficient (Wildman–Crippen LogP) is 3.50. The van der Waals surface area contributed by atoms with Crippen LogP contribution in [0.4, 0.5) is 0 Å². The molecule has 0 unspecified atom stereocenters. The summed E-state index contributed by atoms with van der Waals surface area (Å²) < 4.78 is 0. The molecule has 3 rings (SSSR count). The molecule has 2 heterocycles. The van der Waals surface area contributed by atoms with Crippen molar-refractivity contribution in [2.75, 3.05) is 13.1 Å². The van der Waals surface area contributed by atoms with Crippen molar-refractivity contribution in [2.24, 2.45) is 5.92 Å². The monoisotopic (exact) mass is 263 g/mol. The summed E-state index contributed by atoms with van der Waals surface area (Å²) in [6, 6.07) is 2.17. The molecule has 1 aliphatic carbocycles. The van der Waals surface area contributed by atoms with E-state index in [9.17, 15) is 4.79 Å². The van der Waals surface area contributed by atoms with Crippen molar-refractivity contribution in [1.29, 1.82) is 0 Å². The minimum atomic E-state index is 0.279. The van der Waals surface area contributed by atoms with E-state index in [0.717, 1.165) is 23.9 Å². The molecular weight excluding hydrogens is 242 g/mol. The van der Waals surface area contributed by atoms with Gasteiger partial charge in [-0.3, -0.25) is 4.79 Å². The number of hydrogen-bond acceptors (Lipinski definition) is 2. The molecule has 1 aromatic rings. The van der Waals surface area contributed by atoms with Gasteiger partial charge in [-0.25, -0.2) is 0 Å². The van der Waals surface area contributed by atoms with Crippen LogP contribution < -0.4 is 0 Å².